The van der Waals surface area contributed by atoms with Crippen molar-refractivity contribution in [2.75, 3.05) is 11.1 Å². The van der Waals surface area contributed by atoms with Gasteiger partial charge in [-0.25, -0.2) is 0 Å². The highest BCUT2D eigenvalue weighted by Crippen LogP contribution is 2.23. The van der Waals surface area contributed by atoms with Crippen molar-refractivity contribution >= 4 is 35.0 Å². The highest BCUT2D eigenvalue weighted by atomic mass is 35.5. The molecular weight excluding hydrogens is 348 g/mol. The SMILES string of the molecule is Cc1ccc(NC(=O)CSc2nncn2Cc2ccco2)c(Cl)c1. The van der Waals surface area contributed by atoms with Crippen LogP contribution in [0, 0.1) is 6.92 Å². The van der Waals surface area contributed by atoms with Crippen LogP contribution in [0.15, 0.2) is 52.5 Å². The third kappa shape index (κ3) is 4.18. The number of nitrogens with zero attached hydrogens (tertiary/aromatic N) is 3. The maximum Gasteiger partial charge on any atom is 0.234 e. The lowest BCUT2D eigenvalue weighted by Crippen LogP contribution is -2.15. The summed E-state index contributed by atoms with van der Waals surface area (Å²) in [6.07, 6.45) is 3.23. The maximum atomic E-state index is 12.1. The number of furan rings is 1. The van der Waals surface area contributed by atoms with Gasteiger partial charge in [-0.15, -0.1) is 10.2 Å². The summed E-state index contributed by atoms with van der Waals surface area (Å²) in [6.45, 7) is 2.47. The molecule has 0 saturated heterocycles. The number of halogens is 1. The minimum Gasteiger partial charge on any atom is -0.467 e. The lowest BCUT2D eigenvalue weighted by Gasteiger charge is -2.08. The number of carbonyl (C=O) groups is 1. The summed E-state index contributed by atoms with van der Waals surface area (Å²) in [5, 5.41) is 11.9. The Labute approximate surface area is 148 Å². The molecule has 0 aliphatic carbocycles. The van der Waals surface area contributed by atoms with Crippen LogP contribution in [0.25, 0.3) is 0 Å². The van der Waals surface area contributed by atoms with Crippen molar-refractivity contribution in [3.05, 3.63) is 59.3 Å². The molecule has 8 heteroatoms. The normalized spacial score (nSPS) is 10.8. The molecule has 0 spiro atoms. The summed E-state index contributed by atoms with van der Waals surface area (Å²) in [6, 6.07) is 9.20. The molecule has 0 bridgehead atoms. The summed E-state index contributed by atoms with van der Waals surface area (Å²) in [5.74, 6) is 0.854. The fraction of sp³-hybridized carbons (Fsp3) is 0.188. The van der Waals surface area contributed by atoms with E-state index in [4.69, 9.17) is 16.0 Å². The Morgan fingerprint density at radius 3 is 3.04 bits per heavy atom. The van der Waals surface area contributed by atoms with Crippen molar-refractivity contribution in [3.8, 4) is 0 Å². The Bertz CT molecular complexity index is 832. The van der Waals surface area contributed by atoms with Crippen LogP contribution in [-0.4, -0.2) is 26.4 Å². The van der Waals surface area contributed by atoms with Crippen molar-refractivity contribution < 1.29 is 9.21 Å². The standard InChI is InChI=1S/C16H15ClN4O2S/c1-11-4-5-14(13(17)7-11)19-15(22)9-24-16-20-18-10-21(16)8-12-3-2-6-23-12/h2-7,10H,8-9H2,1H3,(H,19,22). The number of anilines is 1. The second-order valence-electron chi connectivity index (χ2n) is 5.14. The summed E-state index contributed by atoms with van der Waals surface area (Å²) in [7, 11) is 0. The first-order valence-corrected chi connectivity index (χ1v) is 8.57. The molecule has 0 atom stereocenters. The first-order valence-electron chi connectivity index (χ1n) is 7.21. The third-order valence-corrected chi connectivity index (χ3v) is 4.51. The highest BCUT2D eigenvalue weighted by Gasteiger charge is 2.11. The zero-order valence-corrected chi connectivity index (χ0v) is 14.5. The Kier molecular flexibility index (Phi) is 5.22. The van der Waals surface area contributed by atoms with E-state index in [1.807, 2.05) is 35.8 Å². The Morgan fingerprint density at radius 2 is 2.29 bits per heavy atom. The average Bonchev–Trinajstić information content (AvgIpc) is 3.20. The number of rotatable bonds is 6. The predicted octanol–water partition coefficient (Wildman–Crippen LogP) is 3.61. The van der Waals surface area contributed by atoms with Gasteiger partial charge in [-0.3, -0.25) is 4.79 Å². The van der Waals surface area contributed by atoms with E-state index in [0.29, 0.717) is 22.4 Å². The number of hydrogen-bond donors (Lipinski definition) is 1. The molecule has 0 saturated carbocycles. The third-order valence-electron chi connectivity index (χ3n) is 3.22. The molecule has 124 valence electrons. The Balaban J connectivity index is 1.58. The largest absolute Gasteiger partial charge is 0.467 e. The van der Waals surface area contributed by atoms with Gasteiger partial charge in [0, 0.05) is 0 Å². The fourth-order valence-corrected chi connectivity index (χ4v) is 3.07. The summed E-state index contributed by atoms with van der Waals surface area (Å²) < 4.78 is 7.14. The van der Waals surface area contributed by atoms with E-state index < -0.39 is 0 Å². The number of thioether (sulfide) groups is 1. The van der Waals surface area contributed by atoms with E-state index in [1.54, 1.807) is 18.7 Å². The molecular formula is C16H15ClN4O2S. The van der Waals surface area contributed by atoms with Gasteiger partial charge in [0.2, 0.25) is 5.91 Å². The molecule has 3 aromatic rings. The number of benzene rings is 1. The van der Waals surface area contributed by atoms with Crippen LogP contribution < -0.4 is 5.32 Å². The molecule has 1 aromatic carbocycles. The molecule has 1 amide bonds. The maximum absolute atomic E-state index is 12.1. The summed E-state index contributed by atoms with van der Waals surface area (Å²) in [5.41, 5.74) is 1.64. The number of aryl methyl sites for hydroxylation is 1. The van der Waals surface area contributed by atoms with Crippen LogP contribution in [0.2, 0.25) is 5.02 Å². The second-order valence-corrected chi connectivity index (χ2v) is 6.49. The van der Waals surface area contributed by atoms with Crippen LogP contribution in [0.5, 0.6) is 0 Å². The zero-order valence-electron chi connectivity index (χ0n) is 12.9. The van der Waals surface area contributed by atoms with E-state index in [2.05, 4.69) is 15.5 Å². The van der Waals surface area contributed by atoms with Crippen LogP contribution in [0.1, 0.15) is 11.3 Å². The number of nitrogens with one attached hydrogen (secondary N) is 1. The molecule has 2 heterocycles. The second kappa shape index (κ2) is 7.55. The van der Waals surface area contributed by atoms with Crippen molar-refractivity contribution in [2.24, 2.45) is 0 Å². The minimum absolute atomic E-state index is 0.154. The molecule has 2 aromatic heterocycles. The topological polar surface area (TPSA) is 73.0 Å². The molecule has 1 N–H and O–H groups in total. The van der Waals surface area contributed by atoms with Gasteiger partial charge in [0.25, 0.3) is 0 Å². The van der Waals surface area contributed by atoms with Gasteiger partial charge in [-0.05, 0) is 36.8 Å². The van der Waals surface area contributed by atoms with Gasteiger partial charge in [-0.1, -0.05) is 29.4 Å². The van der Waals surface area contributed by atoms with Crippen LogP contribution in [0.3, 0.4) is 0 Å². The summed E-state index contributed by atoms with van der Waals surface area (Å²) in [4.78, 5) is 12.1. The zero-order chi connectivity index (χ0) is 16.9. The smallest absolute Gasteiger partial charge is 0.234 e. The fourth-order valence-electron chi connectivity index (χ4n) is 2.07. The number of carbonyl (C=O) groups excluding carboxylic acids is 1. The highest BCUT2D eigenvalue weighted by molar-refractivity contribution is 7.99. The van der Waals surface area contributed by atoms with Crippen LogP contribution in [-0.2, 0) is 11.3 Å². The molecule has 6 nitrogen and oxygen atoms in total. The first-order chi connectivity index (χ1) is 11.6. The Hall–Kier alpha value is -2.25. The van der Waals surface area contributed by atoms with Gasteiger partial charge < -0.3 is 14.3 Å². The molecule has 24 heavy (non-hydrogen) atoms. The average molecular weight is 363 g/mol. The predicted molar refractivity (Wildman–Crippen MR) is 93.4 cm³/mol. The molecule has 0 aliphatic rings. The van der Waals surface area contributed by atoms with E-state index in [1.165, 1.54) is 11.8 Å². The quantitative estimate of drug-likeness (QED) is 0.678. The van der Waals surface area contributed by atoms with E-state index in [9.17, 15) is 4.79 Å². The molecule has 0 fully saturated rings. The molecule has 0 radical (unpaired) electrons. The minimum atomic E-state index is -0.154. The van der Waals surface area contributed by atoms with E-state index in [0.717, 1.165) is 11.3 Å². The van der Waals surface area contributed by atoms with Gasteiger partial charge in [0.1, 0.15) is 12.1 Å². The number of amides is 1. The lowest BCUT2D eigenvalue weighted by atomic mass is 10.2. The number of aromatic nitrogens is 3. The lowest BCUT2D eigenvalue weighted by molar-refractivity contribution is -0.113. The summed E-state index contributed by atoms with van der Waals surface area (Å²) >= 11 is 7.42. The molecule has 3 rings (SSSR count). The van der Waals surface area contributed by atoms with E-state index in [-0.39, 0.29) is 11.7 Å². The van der Waals surface area contributed by atoms with Gasteiger partial charge in [0.05, 0.1) is 29.3 Å². The molecule has 0 aliphatic heterocycles. The van der Waals surface area contributed by atoms with Crippen molar-refractivity contribution in [1.82, 2.24) is 14.8 Å². The van der Waals surface area contributed by atoms with Gasteiger partial charge in [-0.2, -0.15) is 0 Å². The monoisotopic (exact) mass is 362 g/mol. The van der Waals surface area contributed by atoms with Crippen molar-refractivity contribution in [2.45, 2.75) is 18.6 Å². The first kappa shape index (κ1) is 16.6. The van der Waals surface area contributed by atoms with E-state index >= 15 is 0 Å². The van der Waals surface area contributed by atoms with Crippen molar-refractivity contribution in [1.29, 1.82) is 0 Å². The van der Waals surface area contributed by atoms with Gasteiger partial charge in [0.15, 0.2) is 5.16 Å². The molecule has 0 unspecified atom stereocenters. The van der Waals surface area contributed by atoms with Crippen LogP contribution >= 0.6 is 23.4 Å². The Morgan fingerprint density at radius 1 is 1.42 bits per heavy atom. The van der Waals surface area contributed by atoms with Crippen molar-refractivity contribution in [3.63, 3.8) is 0 Å². The van der Waals surface area contributed by atoms with Gasteiger partial charge >= 0.3 is 0 Å². The van der Waals surface area contributed by atoms with Crippen LogP contribution in [0.4, 0.5) is 5.69 Å². The number of hydrogen-bond acceptors (Lipinski definition) is 5.